The van der Waals surface area contributed by atoms with E-state index in [4.69, 9.17) is 4.74 Å². The maximum Gasteiger partial charge on any atom is 0.225 e. The van der Waals surface area contributed by atoms with Gasteiger partial charge in [-0.3, -0.25) is 4.79 Å². The largest absolute Gasteiger partial charge is 0.381 e. The van der Waals surface area contributed by atoms with Gasteiger partial charge in [-0.15, -0.1) is 12.4 Å². The van der Waals surface area contributed by atoms with Gasteiger partial charge in [-0.05, 0) is 44.7 Å². The fraction of sp³-hybridized carbons (Fsp3) is 0.923. The Morgan fingerprint density at radius 3 is 2.44 bits per heavy atom. The zero-order valence-electron chi connectivity index (χ0n) is 11.2. The maximum absolute atomic E-state index is 12.2. The summed E-state index contributed by atoms with van der Waals surface area (Å²) in [4.78, 5) is 14.2. The summed E-state index contributed by atoms with van der Waals surface area (Å²) in [6.07, 6.45) is 4.20. The molecular weight excluding hydrogens is 252 g/mol. The molecule has 2 saturated heterocycles. The van der Waals surface area contributed by atoms with E-state index in [0.717, 1.165) is 58.5 Å². The molecule has 0 aromatic rings. The minimum absolute atomic E-state index is 0. The molecule has 0 atom stereocenters. The SMILES string of the molecule is CN(CC1CCOCC1)C(=O)C1CCNCC1.Cl. The molecule has 0 aromatic heterocycles. The molecule has 5 heteroatoms. The lowest BCUT2D eigenvalue weighted by molar-refractivity contribution is -0.136. The number of carbonyl (C=O) groups is 1. The molecule has 1 N–H and O–H groups in total. The number of carbonyl (C=O) groups excluding carboxylic acids is 1. The minimum atomic E-state index is 0. The Morgan fingerprint density at radius 1 is 1.22 bits per heavy atom. The number of amides is 1. The summed E-state index contributed by atoms with van der Waals surface area (Å²) < 4.78 is 5.35. The lowest BCUT2D eigenvalue weighted by Gasteiger charge is -2.31. The van der Waals surface area contributed by atoms with Crippen LogP contribution in [0.15, 0.2) is 0 Å². The highest BCUT2D eigenvalue weighted by Crippen LogP contribution is 2.19. The molecule has 1 amide bonds. The molecule has 0 spiro atoms. The van der Waals surface area contributed by atoms with Crippen LogP contribution in [0.25, 0.3) is 0 Å². The molecule has 2 heterocycles. The first-order valence-electron chi connectivity index (χ1n) is 6.81. The van der Waals surface area contributed by atoms with Crippen molar-refractivity contribution in [3.05, 3.63) is 0 Å². The zero-order chi connectivity index (χ0) is 12.1. The van der Waals surface area contributed by atoms with Crippen molar-refractivity contribution in [3.63, 3.8) is 0 Å². The highest BCUT2D eigenvalue weighted by molar-refractivity contribution is 5.85. The minimum Gasteiger partial charge on any atom is -0.381 e. The van der Waals surface area contributed by atoms with Crippen LogP contribution < -0.4 is 5.32 Å². The van der Waals surface area contributed by atoms with Crippen molar-refractivity contribution in [1.82, 2.24) is 10.2 Å². The molecule has 2 aliphatic heterocycles. The van der Waals surface area contributed by atoms with E-state index in [9.17, 15) is 4.79 Å². The van der Waals surface area contributed by atoms with Crippen molar-refractivity contribution in [3.8, 4) is 0 Å². The number of nitrogens with zero attached hydrogens (tertiary/aromatic N) is 1. The van der Waals surface area contributed by atoms with Gasteiger partial charge in [-0.1, -0.05) is 0 Å². The van der Waals surface area contributed by atoms with E-state index in [1.165, 1.54) is 0 Å². The standard InChI is InChI=1S/C13H24N2O2.ClH/c1-15(10-11-4-8-17-9-5-11)13(16)12-2-6-14-7-3-12;/h11-12,14H,2-10H2,1H3;1H. The van der Waals surface area contributed by atoms with Gasteiger partial charge in [-0.25, -0.2) is 0 Å². The highest BCUT2D eigenvalue weighted by Gasteiger charge is 2.25. The number of rotatable bonds is 3. The first-order chi connectivity index (χ1) is 8.27. The number of ether oxygens (including phenoxy) is 1. The van der Waals surface area contributed by atoms with Crippen LogP contribution >= 0.6 is 12.4 Å². The van der Waals surface area contributed by atoms with E-state index in [-0.39, 0.29) is 18.3 Å². The van der Waals surface area contributed by atoms with E-state index in [1.807, 2.05) is 11.9 Å². The predicted octanol–water partition coefficient (Wildman–Crippen LogP) is 1.29. The van der Waals surface area contributed by atoms with Gasteiger partial charge < -0.3 is 15.0 Å². The van der Waals surface area contributed by atoms with Gasteiger partial charge >= 0.3 is 0 Å². The van der Waals surface area contributed by atoms with Gasteiger partial charge in [0.15, 0.2) is 0 Å². The van der Waals surface area contributed by atoms with Crippen molar-refractivity contribution in [2.24, 2.45) is 11.8 Å². The van der Waals surface area contributed by atoms with Crippen molar-refractivity contribution in [1.29, 1.82) is 0 Å². The summed E-state index contributed by atoms with van der Waals surface area (Å²) in [7, 11) is 1.96. The smallest absolute Gasteiger partial charge is 0.225 e. The third-order valence-corrected chi connectivity index (χ3v) is 3.94. The molecule has 0 aliphatic carbocycles. The maximum atomic E-state index is 12.2. The third kappa shape index (κ3) is 4.41. The van der Waals surface area contributed by atoms with Crippen LogP contribution in [0, 0.1) is 11.8 Å². The summed E-state index contributed by atoms with van der Waals surface area (Å²) >= 11 is 0. The molecule has 0 unspecified atom stereocenters. The first kappa shape index (κ1) is 15.7. The van der Waals surface area contributed by atoms with Crippen molar-refractivity contribution < 1.29 is 9.53 Å². The Kier molecular flexibility index (Phi) is 6.97. The molecule has 2 rings (SSSR count). The van der Waals surface area contributed by atoms with E-state index < -0.39 is 0 Å². The van der Waals surface area contributed by atoms with Gasteiger partial charge in [-0.2, -0.15) is 0 Å². The first-order valence-corrected chi connectivity index (χ1v) is 6.81. The number of halogens is 1. The van der Waals surface area contributed by atoms with Crippen molar-refractivity contribution >= 4 is 18.3 Å². The molecule has 18 heavy (non-hydrogen) atoms. The second-order valence-electron chi connectivity index (χ2n) is 5.30. The molecular formula is C13H25ClN2O2. The van der Waals surface area contributed by atoms with Crippen LogP contribution in [0.4, 0.5) is 0 Å². The summed E-state index contributed by atoms with van der Waals surface area (Å²) in [6.45, 7) is 4.61. The molecule has 2 fully saturated rings. The van der Waals surface area contributed by atoms with Gasteiger partial charge in [0, 0.05) is 32.7 Å². The van der Waals surface area contributed by atoms with Crippen molar-refractivity contribution in [2.45, 2.75) is 25.7 Å². The average molecular weight is 277 g/mol. The van der Waals surface area contributed by atoms with Crippen LogP contribution in [-0.4, -0.2) is 50.7 Å². The van der Waals surface area contributed by atoms with Gasteiger partial charge in [0.1, 0.15) is 0 Å². The topological polar surface area (TPSA) is 41.6 Å². The number of hydrogen-bond acceptors (Lipinski definition) is 3. The van der Waals surface area contributed by atoms with Crippen LogP contribution in [0.1, 0.15) is 25.7 Å². The van der Waals surface area contributed by atoms with Crippen molar-refractivity contribution in [2.75, 3.05) is 39.9 Å². The molecule has 0 radical (unpaired) electrons. The summed E-state index contributed by atoms with van der Waals surface area (Å²) in [6, 6.07) is 0. The van der Waals surface area contributed by atoms with Crippen LogP contribution in [0.5, 0.6) is 0 Å². The van der Waals surface area contributed by atoms with E-state index in [0.29, 0.717) is 11.8 Å². The Morgan fingerprint density at radius 2 is 1.83 bits per heavy atom. The summed E-state index contributed by atoms with van der Waals surface area (Å²) in [5.74, 6) is 1.23. The van der Waals surface area contributed by atoms with Gasteiger partial charge in [0.2, 0.25) is 5.91 Å². The second-order valence-corrected chi connectivity index (χ2v) is 5.30. The van der Waals surface area contributed by atoms with Crippen LogP contribution in [0.2, 0.25) is 0 Å². The molecule has 0 saturated carbocycles. The van der Waals surface area contributed by atoms with E-state index in [1.54, 1.807) is 0 Å². The molecule has 106 valence electrons. The quantitative estimate of drug-likeness (QED) is 0.845. The van der Waals surface area contributed by atoms with E-state index >= 15 is 0 Å². The van der Waals surface area contributed by atoms with Gasteiger partial charge in [0.25, 0.3) is 0 Å². The zero-order valence-corrected chi connectivity index (χ0v) is 12.0. The molecule has 4 nitrogen and oxygen atoms in total. The Hall–Kier alpha value is -0.320. The highest BCUT2D eigenvalue weighted by atomic mass is 35.5. The number of hydrogen-bond donors (Lipinski definition) is 1. The second kappa shape index (κ2) is 7.97. The van der Waals surface area contributed by atoms with Gasteiger partial charge in [0.05, 0.1) is 0 Å². The molecule has 0 bridgehead atoms. The normalized spacial score (nSPS) is 22.3. The third-order valence-electron chi connectivity index (χ3n) is 3.94. The lowest BCUT2D eigenvalue weighted by Crippen LogP contribution is -2.41. The number of piperidine rings is 1. The lowest BCUT2D eigenvalue weighted by atomic mass is 9.95. The molecule has 0 aromatic carbocycles. The average Bonchev–Trinajstić information content (AvgIpc) is 2.40. The fourth-order valence-corrected chi connectivity index (χ4v) is 2.79. The van der Waals surface area contributed by atoms with Crippen LogP contribution in [0.3, 0.4) is 0 Å². The summed E-state index contributed by atoms with van der Waals surface area (Å²) in [5.41, 5.74) is 0. The predicted molar refractivity (Wildman–Crippen MR) is 74.0 cm³/mol. The molecule has 2 aliphatic rings. The van der Waals surface area contributed by atoms with E-state index in [2.05, 4.69) is 5.32 Å². The fourth-order valence-electron chi connectivity index (χ4n) is 2.79. The monoisotopic (exact) mass is 276 g/mol. The number of nitrogens with one attached hydrogen (secondary N) is 1. The Bertz CT molecular complexity index is 251. The van der Waals surface area contributed by atoms with Crippen LogP contribution in [-0.2, 0) is 9.53 Å². The Balaban J connectivity index is 0.00000162. The Labute approximate surface area is 116 Å². The summed E-state index contributed by atoms with van der Waals surface area (Å²) in [5, 5.41) is 3.30.